The Hall–Kier alpha value is -0.200. The zero-order valence-corrected chi connectivity index (χ0v) is 8.06. The van der Waals surface area contributed by atoms with Gasteiger partial charge in [0, 0.05) is 27.3 Å². The summed E-state index contributed by atoms with van der Waals surface area (Å²) in [5.41, 5.74) is 0. The molecule has 77 valence electrons. The van der Waals surface area contributed by atoms with Crippen LogP contribution in [-0.2, 0) is 18.9 Å². The van der Waals surface area contributed by atoms with Gasteiger partial charge in [-0.1, -0.05) is 0 Å². The Morgan fingerprint density at radius 3 is 1.85 bits per heavy atom. The summed E-state index contributed by atoms with van der Waals surface area (Å²) in [4.78, 5) is 0. The molecule has 0 aromatic carbocycles. The van der Waals surface area contributed by atoms with Gasteiger partial charge in [-0.25, -0.2) is 5.32 Å². The van der Waals surface area contributed by atoms with E-state index in [-0.39, 0.29) is 25.8 Å². The van der Waals surface area contributed by atoms with Crippen LogP contribution in [0.1, 0.15) is 0 Å². The van der Waals surface area contributed by atoms with Gasteiger partial charge < -0.3 is 18.9 Å². The van der Waals surface area contributed by atoms with E-state index in [1.54, 1.807) is 14.2 Å². The van der Waals surface area contributed by atoms with Crippen LogP contribution in [0.3, 0.4) is 0 Å². The summed E-state index contributed by atoms with van der Waals surface area (Å²) in [5, 5.41) is 4.19. The van der Waals surface area contributed by atoms with Gasteiger partial charge in [0.1, 0.15) is 25.8 Å². The molecule has 1 saturated heterocycles. The standard InChI is InChI=1S/C8H16NO4/c1-10-5-12-7-3-9-4-8(7)13-6-11-2/h7-8H,3-6H2,1-2H3. The first kappa shape index (κ1) is 10.9. The zero-order valence-electron chi connectivity index (χ0n) is 8.06. The fraction of sp³-hybridized carbons (Fsp3) is 1.00. The highest BCUT2D eigenvalue weighted by atomic mass is 16.7. The fourth-order valence-corrected chi connectivity index (χ4v) is 1.20. The van der Waals surface area contributed by atoms with Crippen molar-refractivity contribution in [3.05, 3.63) is 0 Å². The molecule has 1 heterocycles. The van der Waals surface area contributed by atoms with E-state index in [0.717, 1.165) is 0 Å². The van der Waals surface area contributed by atoms with Crippen molar-refractivity contribution in [3.8, 4) is 0 Å². The molecule has 2 unspecified atom stereocenters. The van der Waals surface area contributed by atoms with Gasteiger partial charge in [0.15, 0.2) is 0 Å². The Morgan fingerprint density at radius 1 is 1.00 bits per heavy atom. The van der Waals surface area contributed by atoms with Crippen LogP contribution in [-0.4, -0.2) is 53.1 Å². The van der Waals surface area contributed by atoms with E-state index < -0.39 is 0 Å². The Morgan fingerprint density at radius 2 is 1.46 bits per heavy atom. The minimum Gasteiger partial charge on any atom is -0.359 e. The minimum absolute atomic E-state index is 0.00935. The third-order valence-electron chi connectivity index (χ3n) is 1.83. The predicted molar refractivity (Wildman–Crippen MR) is 45.4 cm³/mol. The Bertz CT molecular complexity index is 119. The van der Waals surface area contributed by atoms with Crippen molar-refractivity contribution in [2.45, 2.75) is 12.2 Å². The van der Waals surface area contributed by atoms with E-state index in [1.807, 2.05) is 0 Å². The van der Waals surface area contributed by atoms with Crippen LogP contribution >= 0.6 is 0 Å². The van der Waals surface area contributed by atoms with Crippen LogP contribution in [0.2, 0.25) is 0 Å². The SMILES string of the molecule is COCOC1C[N]CC1OCOC. The summed E-state index contributed by atoms with van der Waals surface area (Å²) in [6.07, 6.45) is 0.0187. The van der Waals surface area contributed by atoms with Gasteiger partial charge >= 0.3 is 0 Å². The highest BCUT2D eigenvalue weighted by Gasteiger charge is 2.29. The molecule has 1 aliphatic rings. The number of nitrogens with zero attached hydrogens (tertiary/aromatic N) is 1. The zero-order chi connectivity index (χ0) is 9.52. The summed E-state index contributed by atoms with van der Waals surface area (Å²) >= 11 is 0. The molecule has 0 aromatic rings. The quantitative estimate of drug-likeness (QED) is 0.534. The van der Waals surface area contributed by atoms with E-state index in [9.17, 15) is 0 Å². The lowest BCUT2D eigenvalue weighted by atomic mass is 10.2. The van der Waals surface area contributed by atoms with Gasteiger partial charge in [-0.05, 0) is 0 Å². The maximum atomic E-state index is 5.37. The highest BCUT2D eigenvalue weighted by Crippen LogP contribution is 2.10. The van der Waals surface area contributed by atoms with E-state index in [1.165, 1.54) is 0 Å². The van der Waals surface area contributed by atoms with E-state index in [2.05, 4.69) is 5.32 Å². The molecule has 0 aromatic heterocycles. The molecule has 1 radical (unpaired) electrons. The second kappa shape index (κ2) is 6.28. The van der Waals surface area contributed by atoms with Crippen LogP contribution in [0, 0.1) is 0 Å². The van der Waals surface area contributed by atoms with Gasteiger partial charge in [0.2, 0.25) is 0 Å². The first-order chi connectivity index (χ1) is 6.38. The molecule has 0 N–H and O–H groups in total. The molecule has 0 amide bonds. The fourth-order valence-electron chi connectivity index (χ4n) is 1.20. The van der Waals surface area contributed by atoms with Crippen molar-refractivity contribution in [3.63, 3.8) is 0 Å². The Kier molecular flexibility index (Phi) is 5.26. The largest absolute Gasteiger partial charge is 0.359 e. The third-order valence-corrected chi connectivity index (χ3v) is 1.83. The van der Waals surface area contributed by atoms with Crippen LogP contribution in [0.4, 0.5) is 0 Å². The number of methoxy groups -OCH3 is 2. The van der Waals surface area contributed by atoms with Crippen LogP contribution in [0.15, 0.2) is 0 Å². The van der Waals surface area contributed by atoms with E-state index >= 15 is 0 Å². The molecule has 1 fully saturated rings. The summed E-state index contributed by atoms with van der Waals surface area (Å²) < 4.78 is 20.3. The Labute approximate surface area is 78.3 Å². The first-order valence-electron chi connectivity index (χ1n) is 4.22. The number of rotatable bonds is 6. The molecule has 0 saturated carbocycles. The van der Waals surface area contributed by atoms with Crippen molar-refractivity contribution in [2.24, 2.45) is 0 Å². The monoisotopic (exact) mass is 190 g/mol. The smallest absolute Gasteiger partial charge is 0.146 e. The van der Waals surface area contributed by atoms with Crippen molar-refractivity contribution in [1.29, 1.82) is 0 Å². The number of hydrogen-bond donors (Lipinski definition) is 0. The predicted octanol–water partition coefficient (Wildman–Crippen LogP) is -0.417. The van der Waals surface area contributed by atoms with Crippen LogP contribution in [0.25, 0.3) is 0 Å². The lowest BCUT2D eigenvalue weighted by Crippen LogP contribution is -2.31. The van der Waals surface area contributed by atoms with Crippen molar-refractivity contribution >= 4 is 0 Å². The molecular formula is C8H16NO4. The summed E-state index contributed by atoms with van der Waals surface area (Å²) in [6.45, 7) is 1.93. The summed E-state index contributed by atoms with van der Waals surface area (Å²) in [7, 11) is 3.19. The lowest BCUT2D eigenvalue weighted by Gasteiger charge is -2.18. The average Bonchev–Trinajstić information content (AvgIpc) is 2.59. The third kappa shape index (κ3) is 3.58. The first-order valence-corrected chi connectivity index (χ1v) is 4.22. The maximum Gasteiger partial charge on any atom is 0.146 e. The summed E-state index contributed by atoms with van der Waals surface area (Å²) in [5.74, 6) is 0. The van der Waals surface area contributed by atoms with E-state index in [4.69, 9.17) is 18.9 Å². The minimum atomic E-state index is 0.00935. The molecule has 1 aliphatic heterocycles. The lowest BCUT2D eigenvalue weighted by molar-refractivity contribution is -0.139. The molecule has 2 atom stereocenters. The highest BCUT2D eigenvalue weighted by molar-refractivity contribution is 4.82. The topological polar surface area (TPSA) is 51.0 Å². The van der Waals surface area contributed by atoms with E-state index in [0.29, 0.717) is 13.1 Å². The number of ether oxygens (including phenoxy) is 4. The second-order valence-corrected chi connectivity index (χ2v) is 2.81. The molecule has 5 nitrogen and oxygen atoms in total. The molecule has 1 rings (SSSR count). The van der Waals surface area contributed by atoms with Crippen molar-refractivity contribution in [2.75, 3.05) is 40.9 Å². The normalized spacial score (nSPS) is 28.2. The molecule has 5 heteroatoms. The average molecular weight is 190 g/mol. The Balaban J connectivity index is 2.18. The molecule has 0 aliphatic carbocycles. The second-order valence-electron chi connectivity index (χ2n) is 2.81. The van der Waals surface area contributed by atoms with Crippen LogP contribution < -0.4 is 5.32 Å². The van der Waals surface area contributed by atoms with Crippen molar-refractivity contribution < 1.29 is 18.9 Å². The van der Waals surface area contributed by atoms with Gasteiger partial charge in [-0.15, -0.1) is 0 Å². The van der Waals surface area contributed by atoms with Gasteiger partial charge in [0.25, 0.3) is 0 Å². The van der Waals surface area contributed by atoms with Gasteiger partial charge in [-0.2, -0.15) is 0 Å². The van der Waals surface area contributed by atoms with Gasteiger partial charge in [-0.3, -0.25) is 0 Å². The molecule has 0 spiro atoms. The maximum absolute atomic E-state index is 5.37. The summed E-state index contributed by atoms with van der Waals surface area (Å²) in [6, 6.07) is 0. The molecule has 13 heavy (non-hydrogen) atoms. The van der Waals surface area contributed by atoms with Crippen LogP contribution in [0.5, 0.6) is 0 Å². The molecular weight excluding hydrogens is 174 g/mol. The number of hydrogen-bond acceptors (Lipinski definition) is 4. The van der Waals surface area contributed by atoms with Gasteiger partial charge in [0.05, 0.1) is 0 Å². The molecule has 0 bridgehead atoms. The van der Waals surface area contributed by atoms with Crippen molar-refractivity contribution in [1.82, 2.24) is 5.32 Å².